The van der Waals surface area contributed by atoms with E-state index in [9.17, 15) is 9.59 Å². The minimum atomic E-state index is -0.222. The van der Waals surface area contributed by atoms with E-state index in [1.165, 1.54) is 0 Å². The second kappa shape index (κ2) is 5.28. The maximum Gasteiger partial charge on any atom is 0.293 e. The van der Waals surface area contributed by atoms with Crippen molar-refractivity contribution in [2.75, 3.05) is 0 Å². The number of rotatable bonds is 5. The van der Waals surface area contributed by atoms with E-state index in [0.29, 0.717) is 19.3 Å². The summed E-state index contributed by atoms with van der Waals surface area (Å²) < 4.78 is 4.52. The Balaban J connectivity index is 3.39. The number of ether oxygens (including phenoxy) is 1. The fraction of sp³-hybridized carbons (Fsp3) is 0.667. The highest BCUT2D eigenvalue weighted by molar-refractivity contribution is 5.50. The molecule has 0 saturated carbocycles. The van der Waals surface area contributed by atoms with Crippen LogP contribution in [-0.4, -0.2) is 18.9 Å². The minimum absolute atomic E-state index is 0.222. The van der Waals surface area contributed by atoms with Gasteiger partial charge in [-0.05, 0) is 6.42 Å². The lowest BCUT2D eigenvalue weighted by Crippen LogP contribution is -2.10. The Kier molecular flexibility index (Phi) is 4.78. The molecule has 3 nitrogen and oxygen atoms in total. The van der Waals surface area contributed by atoms with E-state index in [1.807, 2.05) is 6.92 Å². The van der Waals surface area contributed by atoms with Crippen molar-refractivity contribution in [2.24, 2.45) is 0 Å². The quantitative estimate of drug-likeness (QED) is 0.510. The van der Waals surface area contributed by atoms with E-state index in [1.54, 1.807) is 0 Å². The number of carbonyl (C=O) groups excluding carboxylic acids is 2. The summed E-state index contributed by atoms with van der Waals surface area (Å²) in [4.78, 5) is 19.6. The number of hydrogen-bond donors (Lipinski definition) is 0. The van der Waals surface area contributed by atoms with Crippen molar-refractivity contribution in [3.05, 3.63) is 0 Å². The van der Waals surface area contributed by atoms with Gasteiger partial charge in [-0.15, -0.1) is 0 Å². The molecule has 52 valence electrons. The molecule has 0 amide bonds. The van der Waals surface area contributed by atoms with Gasteiger partial charge in [-0.1, -0.05) is 6.92 Å². The van der Waals surface area contributed by atoms with Crippen molar-refractivity contribution in [3.63, 3.8) is 0 Å². The Morgan fingerprint density at radius 1 is 1.56 bits per heavy atom. The summed E-state index contributed by atoms with van der Waals surface area (Å²) in [6.07, 6.45) is 1.52. The first-order valence-corrected chi connectivity index (χ1v) is 2.87. The van der Waals surface area contributed by atoms with Crippen molar-refractivity contribution in [1.82, 2.24) is 0 Å². The fourth-order valence-electron chi connectivity index (χ4n) is 0.504. The van der Waals surface area contributed by atoms with Crippen LogP contribution in [0.4, 0.5) is 0 Å². The third-order valence-corrected chi connectivity index (χ3v) is 1.06. The molecule has 9 heavy (non-hydrogen) atoms. The monoisotopic (exact) mass is 130 g/mol. The molecule has 0 aliphatic heterocycles. The molecular formula is C6H10O3. The maximum atomic E-state index is 9.85. The highest BCUT2D eigenvalue weighted by atomic mass is 16.5. The lowest BCUT2D eigenvalue weighted by molar-refractivity contribution is -0.134. The Morgan fingerprint density at radius 2 is 2.22 bits per heavy atom. The summed E-state index contributed by atoms with van der Waals surface area (Å²) in [5.41, 5.74) is 0. The zero-order valence-electron chi connectivity index (χ0n) is 5.37. The summed E-state index contributed by atoms with van der Waals surface area (Å²) in [6, 6.07) is 0. The van der Waals surface area contributed by atoms with Crippen LogP contribution in [0.2, 0.25) is 0 Å². The predicted octanol–water partition coefficient (Wildman–Crippen LogP) is 0.527. The summed E-state index contributed by atoms with van der Waals surface area (Å²) in [6.45, 7) is 2.23. The molecule has 1 atom stereocenters. The molecule has 0 bridgehead atoms. The fourth-order valence-corrected chi connectivity index (χ4v) is 0.504. The molecule has 0 heterocycles. The van der Waals surface area contributed by atoms with Gasteiger partial charge in [0.2, 0.25) is 0 Å². The number of carbonyl (C=O) groups is 2. The molecule has 0 aromatic rings. The summed E-state index contributed by atoms with van der Waals surface area (Å²) in [5, 5.41) is 0. The average molecular weight is 130 g/mol. The van der Waals surface area contributed by atoms with Gasteiger partial charge in [0, 0.05) is 6.42 Å². The molecule has 0 radical (unpaired) electrons. The molecule has 3 heteroatoms. The van der Waals surface area contributed by atoms with Crippen LogP contribution in [0.25, 0.3) is 0 Å². The molecule has 0 fully saturated rings. The Labute approximate surface area is 54.0 Å². The zero-order valence-corrected chi connectivity index (χ0v) is 5.37. The van der Waals surface area contributed by atoms with Gasteiger partial charge in [0.15, 0.2) is 0 Å². The highest BCUT2D eigenvalue weighted by Crippen LogP contribution is 1.98. The van der Waals surface area contributed by atoms with Crippen LogP contribution in [0.1, 0.15) is 19.8 Å². The van der Waals surface area contributed by atoms with Crippen molar-refractivity contribution < 1.29 is 14.3 Å². The van der Waals surface area contributed by atoms with Gasteiger partial charge >= 0.3 is 0 Å². The Morgan fingerprint density at radius 3 is 2.56 bits per heavy atom. The largest absolute Gasteiger partial charge is 0.464 e. The van der Waals surface area contributed by atoms with Crippen molar-refractivity contribution >= 4 is 12.8 Å². The molecule has 0 aromatic carbocycles. The molecule has 1 unspecified atom stereocenters. The molecule has 0 aliphatic rings. The first-order chi connectivity index (χ1) is 4.35. The van der Waals surface area contributed by atoms with Crippen LogP contribution in [0.5, 0.6) is 0 Å². The van der Waals surface area contributed by atoms with Crippen LogP contribution in [0.3, 0.4) is 0 Å². The van der Waals surface area contributed by atoms with E-state index < -0.39 is 0 Å². The van der Waals surface area contributed by atoms with Gasteiger partial charge in [0.05, 0.1) is 0 Å². The van der Waals surface area contributed by atoms with Gasteiger partial charge < -0.3 is 9.53 Å². The average Bonchev–Trinajstić information content (AvgIpc) is 1.88. The van der Waals surface area contributed by atoms with Gasteiger partial charge in [-0.3, -0.25) is 4.79 Å². The number of hydrogen-bond acceptors (Lipinski definition) is 3. The molecule has 0 N–H and O–H groups in total. The van der Waals surface area contributed by atoms with Crippen molar-refractivity contribution in [2.45, 2.75) is 25.9 Å². The SMILES string of the molecule is CCC(CC=O)OC=O. The summed E-state index contributed by atoms with van der Waals surface area (Å²) in [5.74, 6) is 0. The van der Waals surface area contributed by atoms with E-state index in [2.05, 4.69) is 4.74 Å². The second-order valence-corrected chi connectivity index (χ2v) is 1.66. The molecule has 0 spiro atoms. The minimum Gasteiger partial charge on any atom is -0.464 e. The number of aldehydes is 1. The molecule has 0 rings (SSSR count). The van der Waals surface area contributed by atoms with Crippen LogP contribution in [0, 0.1) is 0 Å². The third-order valence-electron chi connectivity index (χ3n) is 1.06. The lowest BCUT2D eigenvalue weighted by Gasteiger charge is -2.06. The highest BCUT2D eigenvalue weighted by Gasteiger charge is 2.02. The second-order valence-electron chi connectivity index (χ2n) is 1.66. The van der Waals surface area contributed by atoms with Crippen molar-refractivity contribution in [3.8, 4) is 0 Å². The smallest absolute Gasteiger partial charge is 0.293 e. The molecule has 0 saturated heterocycles. The first kappa shape index (κ1) is 8.14. The lowest BCUT2D eigenvalue weighted by atomic mass is 10.2. The van der Waals surface area contributed by atoms with Gasteiger partial charge in [0.25, 0.3) is 6.47 Å². The molecule has 0 aliphatic carbocycles. The zero-order chi connectivity index (χ0) is 7.11. The normalized spacial score (nSPS) is 12.1. The van der Waals surface area contributed by atoms with E-state index in [0.717, 1.165) is 6.29 Å². The van der Waals surface area contributed by atoms with Crippen LogP contribution < -0.4 is 0 Å². The topological polar surface area (TPSA) is 43.4 Å². The van der Waals surface area contributed by atoms with Gasteiger partial charge in [-0.25, -0.2) is 0 Å². The Bertz CT molecular complexity index is 80.3. The predicted molar refractivity (Wildman–Crippen MR) is 31.9 cm³/mol. The molecular weight excluding hydrogens is 120 g/mol. The van der Waals surface area contributed by atoms with E-state index >= 15 is 0 Å². The first-order valence-electron chi connectivity index (χ1n) is 2.87. The summed E-state index contributed by atoms with van der Waals surface area (Å²) in [7, 11) is 0. The van der Waals surface area contributed by atoms with Crippen LogP contribution >= 0.6 is 0 Å². The van der Waals surface area contributed by atoms with Crippen molar-refractivity contribution in [1.29, 1.82) is 0 Å². The van der Waals surface area contributed by atoms with E-state index in [-0.39, 0.29) is 6.10 Å². The van der Waals surface area contributed by atoms with Gasteiger partial charge in [-0.2, -0.15) is 0 Å². The summed E-state index contributed by atoms with van der Waals surface area (Å²) >= 11 is 0. The maximum absolute atomic E-state index is 9.85. The van der Waals surface area contributed by atoms with Crippen LogP contribution in [-0.2, 0) is 14.3 Å². The van der Waals surface area contributed by atoms with E-state index in [4.69, 9.17) is 0 Å². The Hall–Kier alpha value is -0.860. The standard InChI is InChI=1S/C6H10O3/c1-2-6(3-4-7)9-5-8/h4-6H,2-3H2,1H3. The van der Waals surface area contributed by atoms with Gasteiger partial charge in [0.1, 0.15) is 12.4 Å². The molecule has 0 aromatic heterocycles. The van der Waals surface area contributed by atoms with Crippen LogP contribution in [0.15, 0.2) is 0 Å². The third kappa shape index (κ3) is 3.70.